The third-order valence-corrected chi connectivity index (χ3v) is 4.35. The van der Waals surface area contributed by atoms with Gasteiger partial charge in [0.05, 0.1) is 0 Å². The van der Waals surface area contributed by atoms with Crippen LogP contribution in [0.4, 0.5) is 5.69 Å². The molecule has 0 spiro atoms. The molecule has 1 atom stereocenters. The summed E-state index contributed by atoms with van der Waals surface area (Å²) in [4.78, 5) is 12.4. The van der Waals surface area contributed by atoms with Crippen LogP contribution in [-0.4, -0.2) is 10.5 Å². The predicted molar refractivity (Wildman–Crippen MR) is 79.6 cm³/mol. The molecule has 1 amide bonds. The molecule has 0 radical (unpaired) electrons. The molecule has 0 saturated carbocycles. The van der Waals surface area contributed by atoms with Crippen molar-refractivity contribution in [1.82, 2.24) is 0 Å². The Hall–Kier alpha value is -1.30. The molecular weight excluding hydrogens is 326 g/mol. The zero-order chi connectivity index (χ0) is 13.8. The highest BCUT2D eigenvalue weighted by Gasteiger charge is 2.14. The first-order valence-electron chi connectivity index (χ1n) is 5.61. The van der Waals surface area contributed by atoms with Gasteiger partial charge >= 0.3 is 0 Å². The second-order valence-corrected chi connectivity index (χ2v) is 6.32. The maximum absolute atomic E-state index is 12.3. The van der Waals surface area contributed by atoms with Gasteiger partial charge in [-0.3, -0.25) is 4.79 Å². The minimum absolute atomic E-state index is 0.123. The number of carbonyl (C=O) groups is 1. The first kappa shape index (κ1) is 14.1. The third kappa shape index (κ3) is 3.83. The van der Waals surface area contributed by atoms with Gasteiger partial charge in [-0.15, -0.1) is 0 Å². The molecule has 0 saturated heterocycles. The van der Waals surface area contributed by atoms with Crippen LogP contribution in [0.15, 0.2) is 62.8 Å². The fourth-order valence-electron chi connectivity index (χ4n) is 1.56. The molecule has 0 fully saturated rings. The summed E-state index contributed by atoms with van der Waals surface area (Å²) >= 11 is 2.13. The molecule has 0 aromatic heterocycles. The van der Waals surface area contributed by atoms with E-state index in [0.29, 0.717) is 10.6 Å². The van der Waals surface area contributed by atoms with E-state index in [-0.39, 0.29) is 5.91 Å². The molecule has 1 unspecified atom stereocenters. The van der Waals surface area contributed by atoms with E-state index < -0.39 is 11.2 Å². The number of benzene rings is 2. The molecule has 2 aromatic rings. The number of amides is 1. The first-order valence-corrected chi connectivity index (χ1v) is 7.55. The largest absolute Gasteiger partial charge is 0.606 e. The van der Waals surface area contributed by atoms with Gasteiger partial charge in [0.15, 0.2) is 9.79 Å². The zero-order valence-corrected chi connectivity index (χ0v) is 12.6. The Kier molecular flexibility index (Phi) is 4.63. The molecule has 0 aliphatic heterocycles. The fraction of sp³-hybridized carbons (Fsp3) is 0.0714. The number of hydrogen-bond donors (Lipinski definition) is 1. The fourth-order valence-corrected chi connectivity index (χ4v) is 2.86. The van der Waals surface area contributed by atoms with E-state index in [0.717, 1.165) is 9.37 Å². The molecule has 3 nitrogen and oxygen atoms in total. The molecule has 2 rings (SSSR count). The maximum Gasteiger partial charge on any atom is 0.221 e. The van der Waals surface area contributed by atoms with Crippen molar-refractivity contribution in [1.29, 1.82) is 0 Å². The Morgan fingerprint density at radius 3 is 2.00 bits per heavy atom. The van der Waals surface area contributed by atoms with E-state index in [9.17, 15) is 9.35 Å². The minimum Gasteiger partial charge on any atom is -0.606 e. The Morgan fingerprint density at radius 2 is 1.53 bits per heavy atom. The Bertz CT molecular complexity index is 569. The van der Waals surface area contributed by atoms with E-state index in [2.05, 4.69) is 21.2 Å². The summed E-state index contributed by atoms with van der Waals surface area (Å²) in [7, 11) is 0. The van der Waals surface area contributed by atoms with Crippen molar-refractivity contribution in [3.63, 3.8) is 0 Å². The van der Waals surface area contributed by atoms with E-state index >= 15 is 0 Å². The highest BCUT2D eigenvalue weighted by atomic mass is 79.9. The van der Waals surface area contributed by atoms with E-state index in [4.69, 9.17) is 0 Å². The lowest BCUT2D eigenvalue weighted by atomic mass is 10.3. The lowest BCUT2D eigenvalue weighted by molar-refractivity contribution is -0.114. The number of halogens is 1. The number of rotatable bonds is 3. The van der Waals surface area contributed by atoms with E-state index in [1.807, 2.05) is 24.3 Å². The van der Waals surface area contributed by atoms with Crippen molar-refractivity contribution >= 4 is 38.7 Å². The van der Waals surface area contributed by atoms with Gasteiger partial charge in [-0.1, -0.05) is 15.9 Å². The van der Waals surface area contributed by atoms with Gasteiger partial charge in [0.25, 0.3) is 0 Å². The van der Waals surface area contributed by atoms with Crippen LogP contribution in [-0.2, 0) is 16.0 Å². The topological polar surface area (TPSA) is 52.2 Å². The summed E-state index contributed by atoms with van der Waals surface area (Å²) in [5, 5.41) is 2.67. The Balaban J connectivity index is 2.17. The van der Waals surface area contributed by atoms with Crippen LogP contribution < -0.4 is 5.32 Å². The molecule has 0 aliphatic carbocycles. The third-order valence-electron chi connectivity index (χ3n) is 2.42. The number of anilines is 1. The summed E-state index contributed by atoms with van der Waals surface area (Å²) < 4.78 is 13.3. The van der Waals surface area contributed by atoms with Crippen LogP contribution in [0.5, 0.6) is 0 Å². The Labute approximate surface area is 123 Å². The average Bonchev–Trinajstić information content (AvgIpc) is 2.39. The molecule has 98 valence electrons. The van der Waals surface area contributed by atoms with Crippen molar-refractivity contribution < 1.29 is 9.35 Å². The molecule has 19 heavy (non-hydrogen) atoms. The zero-order valence-electron chi connectivity index (χ0n) is 10.2. The molecule has 2 aromatic carbocycles. The van der Waals surface area contributed by atoms with Gasteiger partial charge in [-0.05, 0) is 48.5 Å². The van der Waals surface area contributed by atoms with Gasteiger partial charge in [-0.25, -0.2) is 0 Å². The van der Waals surface area contributed by atoms with Gasteiger partial charge in [0, 0.05) is 28.3 Å². The monoisotopic (exact) mass is 337 g/mol. The summed E-state index contributed by atoms with van der Waals surface area (Å²) in [6, 6.07) is 14.4. The molecule has 5 heteroatoms. The summed E-state index contributed by atoms with van der Waals surface area (Å²) in [5.74, 6) is -0.123. The summed E-state index contributed by atoms with van der Waals surface area (Å²) in [5.41, 5.74) is 0.698. The van der Waals surface area contributed by atoms with Crippen LogP contribution in [0.25, 0.3) is 0 Å². The first-order chi connectivity index (χ1) is 9.06. The van der Waals surface area contributed by atoms with Crippen molar-refractivity contribution in [2.75, 3.05) is 5.32 Å². The van der Waals surface area contributed by atoms with Crippen LogP contribution in [0, 0.1) is 0 Å². The van der Waals surface area contributed by atoms with E-state index in [1.165, 1.54) is 6.92 Å². The predicted octanol–water partition coefficient (Wildman–Crippen LogP) is 3.57. The van der Waals surface area contributed by atoms with Gasteiger partial charge < -0.3 is 9.87 Å². The highest BCUT2D eigenvalue weighted by Crippen LogP contribution is 2.23. The quantitative estimate of drug-likeness (QED) is 0.870. The lowest BCUT2D eigenvalue weighted by Gasteiger charge is -2.10. The lowest BCUT2D eigenvalue weighted by Crippen LogP contribution is -2.06. The minimum atomic E-state index is -1.21. The summed E-state index contributed by atoms with van der Waals surface area (Å²) in [6.07, 6.45) is 0. The standard InChI is InChI=1S/C14H12BrNO2S/c1-10(17)16-12-4-8-14(9-5-12)19(18)13-6-2-11(15)3-7-13/h2-9H,1H3,(H,16,17). The number of hydrogen-bond acceptors (Lipinski definition) is 2. The van der Waals surface area contributed by atoms with Crippen LogP contribution in [0.2, 0.25) is 0 Å². The SMILES string of the molecule is CC(=O)Nc1ccc([S+]([O-])c2ccc(Br)cc2)cc1. The molecule has 1 N–H and O–H groups in total. The van der Waals surface area contributed by atoms with Crippen molar-refractivity contribution in [3.05, 3.63) is 53.0 Å². The second-order valence-electron chi connectivity index (χ2n) is 3.93. The smallest absolute Gasteiger partial charge is 0.221 e. The van der Waals surface area contributed by atoms with Gasteiger partial charge in [0.2, 0.25) is 5.91 Å². The van der Waals surface area contributed by atoms with Crippen LogP contribution in [0.3, 0.4) is 0 Å². The molecule has 0 aliphatic rings. The van der Waals surface area contributed by atoms with Crippen LogP contribution in [0.1, 0.15) is 6.92 Å². The summed E-state index contributed by atoms with van der Waals surface area (Å²) in [6.45, 7) is 1.45. The molecular formula is C14H12BrNO2S. The maximum atomic E-state index is 12.3. The Morgan fingerprint density at radius 1 is 1.05 bits per heavy atom. The average molecular weight is 338 g/mol. The normalized spacial score (nSPS) is 11.9. The van der Waals surface area contributed by atoms with Crippen molar-refractivity contribution in [2.24, 2.45) is 0 Å². The van der Waals surface area contributed by atoms with Crippen molar-refractivity contribution in [3.8, 4) is 0 Å². The number of carbonyl (C=O) groups excluding carboxylic acids is 1. The van der Waals surface area contributed by atoms with Gasteiger partial charge in [-0.2, -0.15) is 0 Å². The molecule has 0 heterocycles. The van der Waals surface area contributed by atoms with Crippen molar-refractivity contribution in [2.45, 2.75) is 16.7 Å². The second kappa shape index (κ2) is 6.23. The molecule has 0 bridgehead atoms. The van der Waals surface area contributed by atoms with E-state index in [1.54, 1.807) is 24.3 Å². The highest BCUT2D eigenvalue weighted by molar-refractivity contribution is 9.10. The van der Waals surface area contributed by atoms with Gasteiger partial charge in [0.1, 0.15) is 0 Å². The number of nitrogens with one attached hydrogen (secondary N) is 1. The van der Waals surface area contributed by atoms with Crippen LogP contribution >= 0.6 is 15.9 Å².